The van der Waals surface area contributed by atoms with E-state index in [1.807, 2.05) is 19.1 Å². The molecule has 1 aromatic heterocycles. The van der Waals surface area contributed by atoms with Crippen LogP contribution < -0.4 is 11.5 Å². The Balaban J connectivity index is 2.91. The zero-order valence-electron chi connectivity index (χ0n) is 8.25. The molecule has 0 atom stereocenters. The molecule has 0 aromatic carbocycles. The van der Waals surface area contributed by atoms with Gasteiger partial charge in [0.25, 0.3) is 0 Å². The molecule has 1 heterocycles. The fourth-order valence-electron chi connectivity index (χ4n) is 1.06. The number of nitrogens with one attached hydrogen (secondary N) is 1. The van der Waals surface area contributed by atoms with E-state index in [1.54, 1.807) is 12.2 Å². The number of nitrogens with two attached hydrogens (primary N) is 2. The molecule has 3 nitrogen and oxygen atoms in total. The van der Waals surface area contributed by atoms with Crippen molar-refractivity contribution in [2.75, 3.05) is 0 Å². The first kappa shape index (κ1) is 10.2. The van der Waals surface area contributed by atoms with E-state index >= 15 is 0 Å². The van der Waals surface area contributed by atoms with Gasteiger partial charge >= 0.3 is 0 Å². The summed E-state index contributed by atoms with van der Waals surface area (Å²) in [7, 11) is 0. The molecule has 3 heteroatoms. The minimum atomic E-state index is 0.652. The van der Waals surface area contributed by atoms with Gasteiger partial charge in [-0.2, -0.15) is 0 Å². The quantitative estimate of drug-likeness (QED) is 0.635. The molecule has 0 spiro atoms. The Morgan fingerprint density at radius 2 is 2.07 bits per heavy atom. The van der Waals surface area contributed by atoms with Gasteiger partial charge in [0.2, 0.25) is 0 Å². The highest BCUT2D eigenvalue weighted by atomic mass is 14.8. The third-order valence-electron chi connectivity index (χ3n) is 1.84. The fraction of sp³-hybridized carbons (Fsp3) is 0.0909. The van der Waals surface area contributed by atoms with Crippen molar-refractivity contribution in [1.29, 1.82) is 0 Å². The highest BCUT2D eigenvalue weighted by Gasteiger charge is 2.00. The summed E-state index contributed by atoms with van der Waals surface area (Å²) in [6.07, 6.45) is 4.88. The highest BCUT2D eigenvalue weighted by molar-refractivity contribution is 5.66. The van der Waals surface area contributed by atoms with Crippen LogP contribution in [-0.2, 0) is 0 Å². The summed E-state index contributed by atoms with van der Waals surface area (Å²) in [5.41, 5.74) is 14.5. The molecule has 74 valence electrons. The minimum absolute atomic E-state index is 0.652. The summed E-state index contributed by atoms with van der Waals surface area (Å²) in [5.74, 6) is 0. The van der Waals surface area contributed by atoms with Gasteiger partial charge in [0.05, 0.1) is 11.4 Å². The molecule has 0 aliphatic heterocycles. The van der Waals surface area contributed by atoms with Crippen LogP contribution >= 0.6 is 0 Å². The summed E-state index contributed by atoms with van der Waals surface area (Å²) < 4.78 is 0. The summed E-state index contributed by atoms with van der Waals surface area (Å²) in [6.45, 7) is 5.77. The van der Waals surface area contributed by atoms with Crippen molar-refractivity contribution in [3.8, 4) is 0 Å². The number of hydrogen-bond donors (Lipinski definition) is 3. The molecule has 0 radical (unpaired) electrons. The van der Waals surface area contributed by atoms with E-state index in [9.17, 15) is 0 Å². The van der Waals surface area contributed by atoms with E-state index in [0.717, 1.165) is 17.0 Å². The fourth-order valence-corrected chi connectivity index (χ4v) is 1.06. The number of hydrogen-bond acceptors (Lipinski definition) is 2. The van der Waals surface area contributed by atoms with Crippen LogP contribution in [0.5, 0.6) is 0 Å². The summed E-state index contributed by atoms with van der Waals surface area (Å²) in [5, 5.41) is 0. The van der Waals surface area contributed by atoms with E-state index < -0.39 is 0 Å². The second-order valence-electron chi connectivity index (χ2n) is 3.07. The third-order valence-corrected chi connectivity index (χ3v) is 1.84. The van der Waals surface area contributed by atoms with Crippen LogP contribution in [0.25, 0.3) is 11.3 Å². The lowest BCUT2D eigenvalue weighted by atomic mass is 10.2. The Morgan fingerprint density at radius 3 is 2.57 bits per heavy atom. The summed E-state index contributed by atoms with van der Waals surface area (Å²) in [4.78, 5) is 3.15. The van der Waals surface area contributed by atoms with Crippen molar-refractivity contribution < 1.29 is 0 Å². The molecule has 0 amide bonds. The van der Waals surface area contributed by atoms with Gasteiger partial charge < -0.3 is 16.5 Å². The summed E-state index contributed by atoms with van der Waals surface area (Å²) >= 11 is 0. The van der Waals surface area contributed by atoms with E-state index in [-0.39, 0.29) is 0 Å². The zero-order chi connectivity index (χ0) is 10.6. The molecular formula is C11H15N3. The van der Waals surface area contributed by atoms with Gasteiger partial charge in [-0.15, -0.1) is 0 Å². The Morgan fingerprint density at radius 1 is 1.43 bits per heavy atom. The van der Waals surface area contributed by atoms with Crippen molar-refractivity contribution in [1.82, 2.24) is 4.98 Å². The average Bonchev–Trinajstić information content (AvgIpc) is 2.62. The average molecular weight is 189 g/mol. The Labute approximate surface area is 83.8 Å². The van der Waals surface area contributed by atoms with Crippen molar-refractivity contribution in [2.45, 2.75) is 6.92 Å². The smallest absolute Gasteiger partial charge is 0.0618 e. The monoisotopic (exact) mass is 189 g/mol. The van der Waals surface area contributed by atoms with Crippen LogP contribution in [0, 0.1) is 0 Å². The van der Waals surface area contributed by atoms with Crippen LogP contribution in [-0.4, -0.2) is 4.98 Å². The van der Waals surface area contributed by atoms with Gasteiger partial charge in [-0.1, -0.05) is 6.58 Å². The van der Waals surface area contributed by atoms with Crippen LogP contribution in [0.15, 0.2) is 37.1 Å². The Bertz CT molecular complexity index is 383. The van der Waals surface area contributed by atoms with E-state index in [1.165, 1.54) is 6.20 Å². The molecular weight excluding hydrogens is 174 g/mol. The molecule has 5 N–H and O–H groups in total. The van der Waals surface area contributed by atoms with Gasteiger partial charge in [-0.3, -0.25) is 0 Å². The van der Waals surface area contributed by atoms with Crippen molar-refractivity contribution in [3.05, 3.63) is 48.5 Å². The molecule has 14 heavy (non-hydrogen) atoms. The molecule has 0 saturated carbocycles. The van der Waals surface area contributed by atoms with E-state index in [0.29, 0.717) is 5.70 Å². The number of allylic oxidation sites excluding steroid dienone is 3. The van der Waals surface area contributed by atoms with Crippen molar-refractivity contribution in [2.24, 2.45) is 11.5 Å². The van der Waals surface area contributed by atoms with Gasteiger partial charge in [-0.25, -0.2) is 0 Å². The number of rotatable bonds is 3. The standard InChI is InChI=1S/C11H15N3/c1-8(2)10-5-6-11(14-10)9(13)4-3-7-12/h3-7,14H,1,12-13H2,2H3/b7-3-,9-4-. The number of H-pyrrole nitrogens is 1. The Hall–Kier alpha value is -1.90. The molecule has 1 rings (SSSR count). The van der Waals surface area contributed by atoms with Crippen LogP contribution in [0.1, 0.15) is 18.3 Å². The highest BCUT2D eigenvalue weighted by Crippen LogP contribution is 2.14. The zero-order valence-corrected chi connectivity index (χ0v) is 8.25. The van der Waals surface area contributed by atoms with Crippen molar-refractivity contribution in [3.63, 3.8) is 0 Å². The van der Waals surface area contributed by atoms with Crippen LogP contribution in [0.2, 0.25) is 0 Å². The van der Waals surface area contributed by atoms with Gasteiger partial charge in [-0.05, 0) is 43.0 Å². The second kappa shape index (κ2) is 4.37. The normalized spacial score (nSPS) is 12.2. The Kier molecular flexibility index (Phi) is 3.18. The molecule has 0 saturated heterocycles. The second-order valence-corrected chi connectivity index (χ2v) is 3.07. The lowest BCUT2D eigenvalue weighted by molar-refractivity contribution is 1.28. The topological polar surface area (TPSA) is 67.8 Å². The number of aromatic amines is 1. The first-order valence-corrected chi connectivity index (χ1v) is 4.34. The van der Waals surface area contributed by atoms with E-state index in [4.69, 9.17) is 11.5 Å². The summed E-state index contributed by atoms with van der Waals surface area (Å²) in [6, 6.07) is 3.87. The van der Waals surface area contributed by atoms with Crippen LogP contribution in [0.3, 0.4) is 0 Å². The maximum atomic E-state index is 5.79. The van der Waals surface area contributed by atoms with E-state index in [2.05, 4.69) is 11.6 Å². The number of aromatic nitrogens is 1. The predicted molar refractivity (Wildman–Crippen MR) is 61.0 cm³/mol. The first-order valence-electron chi connectivity index (χ1n) is 4.34. The third kappa shape index (κ3) is 2.29. The lowest BCUT2D eigenvalue weighted by Gasteiger charge is -1.96. The molecule has 0 aliphatic carbocycles. The minimum Gasteiger partial charge on any atom is -0.405 e. The van der Waals surface area contributed by atoms with Gasteiger partial charge in [0.1, 0.15) is 0 Å². The molecule has 1 aromatic rings. The van der Waals surface area contributed by atoms with Crippen molar-refractivity contribution >= 4 is 11.3 Å². The van der Waals surface area contributed by atoms with Gasteiger partial charge in [0.15, 0.2) is 0 Å². The SMILES string of the molecule is C=C(C)c1ccc(/C(N)=C/C=C\N)[nH]1. The molecule has 0 unspecified atom stereocenters. The van der Waals surface area contributed by atoms with Gasteiger partial charge in [0, 0.05) is 5.69 Å². The molecule has 0 bridgehead atoms. The molecule has 0 aliphatic rings. The maximum absolute atomic E-state index is 5.79. The van der Waals surface area contributed by atoms with Crippen LogP contribution in [0.4, 0.5) is 0 Å². The lowest BCUT2D eigenvalue weighted by Crippen LogP contribution is -1.96. The first-order chi connectivity index (χ1) is 6.65. The molecule has 0 fully saturated rings. The largest absolute Gasteiger partial charge is 0.405 e. The predicted octanol–water partition coefficient (Wildman–Crippen LogP) is 1.82. The maximum Gasteiger partial charge on any atom is 0.0618 e.